The second kappa shape index (κ2) is 5.14. The summed E-state index contributed by atoms with van der Waals surface area (Å²) < 4.78 is 5.24. The highest BCUT2D eigenvalue weighted by atomic mass is 32.2. The third-order valence-corrected chi connectivity index (χ3v) is 3.03. The number of hydrogen-bond acceptors (Lipinski definition) is 5. The van der Waals surface area contributed by atoms with Gasteiger partial charge in [-0.1, -0.05) is 6.07 Å². The minimum Gasteiger partial charge on any atom is -0.504 e. The van der Waals surface area contributed by atoms with Gasteiger partial charge in [0.15, 0.2) is 11.5 Å². The second-order valence-electron chi connectivity index (χ2n) is 3.51. The Morgan fingerprint density at radius 1 is 1.44 bits per heavy atom. The third kappa shape index (κ3) is 2.65. The van der Waals surface area contributed by atoms with Gasteiger partial charge in [-0.15, -0.1) is 0 Å². The Morgan fingerprint density at radius 2 is 2.22 bits per heavy atom. The van der Waals surface area contributed by atoms with Gasteiger partial charge >= 0.3 is 0 Å². The van der Waals surface area contributed by atoms with E-state index in [-0.39, 0.29) is 11.0 Å². The topological polar surface area (TPSA) is 75.6 Å². The molecule has 0 radical (unpaired) electrons. The summed E-state index contributed by atoms with van der Waals surface area (Å²) in [5.41, 5.74) is 0.684. The zero-order valence-corrected chi connectivity index (χ0v) is 10.4. The number of phenolic OH excluding ortho intramolecular Hbond substituents is 1. The fourth-order valence-electron chi connectivity index (χ4n) is 1.46. The first-order valence-corrected chi connectivity index (χ1v) is 6.12. The lowest BCUT2D eigenvalue weighted by Crippen LogP contribution is -2.17. The largest absolute Gasteiger partial charge is 0.504 e. The van der Waals surface area contributed by atoms with Gasteiger partial charge in [0.1, 0.15) is 0 Å². The van der Waals surface area contributed by atoms with Crippen molar-refractivity contribution in [2.24, 2.45) is 0 Å². The summed E-state index contributed by atoms with van der Waals surface area (Å²) in [5, 5.41) is 11.3. The standard InChI is InChI=1S/C12H11NO4S/c1-2-17-9-5-7(3-4-8(9)14)6-10-11(15)13-12(16)18-10/h3-6,14H,2H2,1H3,(H,13,15,16)/b10-6+. The number of carbonyl (C=O) groups excluding carboxylic acids is 2. The number of aromatic hydroxyl groups is 1. The van der Waals surface area contributed by atoms with E-state index in [1.54, 1.807) is 18.2 Å². The number of hydrogen-bond donors (Lipinski definition) is 2. The lowest BCUT2D eigenvalue weighted by molar-refractivity contribution is -0.115. The molecule has 0 unspecified atom stereocenters. The molecular weight excluding hydrogens is 254 g/mol. The van der Waals surface area contributed by atoms with E-state index in [0.717, 1.165) is 11.8 Å². The Balaban J connectivity index is 2.29. The molecule has 2 rings (SSSR count). The van der Waals surface area contributed by atoms with Crippen LogP contribution in [0.5, 0.6) is 11.5 Å². The third-order valence-electron chi connectivity index (χ3n) is 2.22. The number of benzene rings is 1. The van der Waals surface area contributed by atoms with Crippen LogP contribution < -0.4 is 10.1 Å². The van der Waals surface area contributed by atoms with Crippen LogP contribution in [0.4, 0.5) is 4.79 Å². The lowest BCUT2D eigenvalue weighted by atomic mass is 10.2. The van der Waals surface area contributed by atoms with Crippen molar-refractivity contribution >= 4 is 29.0 Å². The number of phenols is 1. The van der Waals surface area contributed by atoms with Gasteiger partial charge in [-0.3, -0.25) is 14.9 Å². The first-order valence-electron chi connectivity index (χ1n) is 5.31. The van der Waals surface area contributed by atoms with Crippen molar-refractivity contribution in [3.05, 3.63) is 28.7 Å². The fraction of sp³-hybridized carbons (Fsp3) is 0.167. The number of ether oxygens (including phenoxy) is 1. The van der Waals surface area contributed by atoms with Crippen molar-refractivity contribution in [2.75, 3.05) is 6.61 Å². The molecule has 5 nitrogen and oxygen atoms in total. The van der Waals surface area contributed by atoms with Gasteiger partial charge in [-0.05, 0) is 42.5 Å². The molecule has 1 heterocycles. The van der Waals surface area contributed by atoms with Crippen molar-refractivity contribution < 1.29 is 19.4 Å². The van der Waals surface area contributed by atoms with Crippen molar-refractivity contribution in [3.8, 4) is 11.5 Å². The number of thioether (sulfide) groups is 1. The Kier molecular flexibility index (Phi) is 3.57. The molecule has 0 saturated carbocycles. The normalized spacial score (nSPS) is 17.1. The molecule has 1 aliphatic rings. The molecule has 1 aromatic rings. The molecule has 0 aliphatic carbocycles. The lowest BCUT2D eigenvalue weighted by Gasteiger charge is -2.06. The van der Waals surface area contributed by atoms with Crippen molar-refractivity contribution in [2.45, 2.75) is 6.92 Å². The quantitative estimate of drug-likeness (QED) is 0.819. The molecule has 1 fully saturated rings. The second-order valence-corrected chi connectivity index (χ2v) is 4.53. The number of amides is 2. The van der Waals surface area contributed by atoms with E-state index < -0.39 is 5.91 Å². The summed E-state index contributed by atoms with van der Waals surface area (Å²) in [6.07, 6.45) is 1.58. The molecule has 0 bridgehead atoms. The Hall–Kier alpha value is -1.95. The van der Waals surface area contributed by atoms with Crippen molar-refractivity contribution in [3.63, 3.8) is 0 Å². The zero-order valence-electron chi connectivity index (χ0n) is 9.60. The highest BCUT2D eigenvalue weighted by Crippen LogP contribution is 2.30. The van der Waals surface area contributed by atoms with E-state index in [1.165, 1.54) is 6.07 Å². The van der Waals surface area contributed by atoms with E-state index >= 15 is 0 Å². The number of rotatable bonds is 3. The Bertz CT molecular complexity index is 539. The van der Waals surface area contributed by atoms with E-state index in [0.29, 0.717) is 22.8 Å². The summed E-state index contributed by atoms with van der Waals surface area (Å²) >= 11 is 0.850. The summed E-state index contributed by atoms with van der Waals surface area (Å²) in [6, 6.07) is 4.74. The van der Waals surface area contributed by atoms with Crippen molar-refractivity contribution in [1.82, 2.24) is 5.32 Å². The first-order chi connectivity index (χ1) is 8.60. The SMILES string of the molecule is CCOc1cc(/C=C2/SC(=O)NC2=O)ccc1O. The highest BCUT2D eigenvalue weighted by molar-refractivity contribution is 8.18. The molecule has 2 N–H and O–H groups in total. The molecule has 1 aromatic carbocycles. The van der Waals surface area contributed by atoms with Crippen LogP contribution in [0.1, 0.15) is 12.5 Å². The predicted octanol–water partition coefficient (Wildman–Crippen LogP) is 2.11. The number of carbonyl (C=O) groups is 2. The minimum atomic E-state index is -0.406. The van der Waals surface area contributed by atoms with Gasteiger partial charge in [0.05, 0.1) is 11.5 Å². The maximum absolute atomic E-state index is 11.4. The molecule has 1 saturated heterocycles. The maximum Gasteiger partial charge on any atom is 0.290 e. The van der Waals surface area contributed by atoms with E-state index in [1.807, 2.05) is 6.92 Å². The molecule has 0 spiro atoms. The van der Waals surface area contributed by atoms with Crippen LogP contribution in [0.25, 0.3) is 6.08 Å². The van der Waals surface area contributed by atoms with Crippen LogP contribution in [0.15, 0.2) is 23.1 Å². The summed E-state index contributed by atoms with van der Waals surface area (Å²) in [5.74, 6) is -0.0174. The molecule has 18 heavy (non-hydrogen) atoms. The monoisotopic (exact) mass is 265 g/mol. The van der Waals surface area contributed by atoms with Crippen LogP contribution in [0.2, 0.25) is 0 Å². The van der Waals surface area contributed by atoms with E-state index in [9.17, 15) is 14.7 Å². The molecule has 0 aromatic heterocycles. The predicted molar refractivity (Wildman–Crippen MR) is 68.4 cm³/mol. The molecule has 6 heteroatoms. The van der Waals surface area contributed by atoms with Crippen LogP contribution in [0.3, 0.4) is 0 Å². The average Bonchev–Trinajstić information content (AvgIpc) is 2.62. The smallest absolute Gasteiger partial charge is 0.290 e. The zero-order chi connectivity index (χ0) is 13.1. The summed E-state index contributed by atoms with van der Waals surface area (Å²) in [7, 11) is 0. The van der Waals surface area contributed by atoms with Gasteiger partial charge in [-0.2, -0.15) is 0 Å². The Labute approximate surface area is 108 Å². The van der Waals surface area contributed by atoms with Gasteiger partial charge < -0.3 is 9.84 Å². The summed E-state index contributed by atoms with van der Waals surface area (Å²) in [4.78, 5) is 22.7. The van der Waals surface area contributed by atoms with Crippen LogP contribution in [-0.4, -0.2) is 22.9 Å². The van der Waals surface area contributed by atoms with Crippen LogP contribution >= 0.6 is 11.8 Å². The summed E-state index contributed by atoms with van der Waals surface area (Å²) in [6.45, 7) is 2.24. The van der Waals surface area contributed by atoms with Crippen molar-refractivity contribution in [1.29, 1.82) is 0 Å². The van der Waals surface area contributed by atoms with E-state index in [2.05, 4.69) is 5.32 Å². The fourth-order valence-corrected chi connectivity index (χ4v) is 2.15. The molecule has 2 amide bonds. The molecule has 94 valence electrons. The van der Waals surface area contributed by atoms with Crippen LogP contribution in [0, 0.1) is 0 Å². The van der Waals surface area contributed by atoms with Gasteiger partial charge in [0, 0.05) is 0 Å². The van der Waals surface area contributed by atoms with Gasteiger partial charge in [0.25, 0.3) is 11.1 Å². The first kappa shape index (κ1) is 12.5. The molecule has 1 aliphatic heterocycles. The Morgan fingerprint density at radius 3 is 2.83 bits per heavy atom. The average molecular weight is 265 g/mol. The van der Waals surface area contributed by atoms with Gasteiger partial charge in [0.2, 0.25) is 0 Å². The molecular formula is C12H11NO4S. The number of nitrogens with one attached hydrogen (secondary N) is 1. The minimum absolute atomic E-state index is 0.0404. The van der Waals surface area contributed by atoms with E-state index in [4.69, 9.17) is 4.74 Å². The highest BCUT2D eigenvalue weighted by Gasteiger charge is 2.24. The molecule has 0 atom stereocenters. The number of imide groups is 1. The maximum atomic E-state index is 11.4. The van der Waals surface area contributed by atoms with Crippen LogP contribution in [-0.2, 0) is 4.79 Å². The van der Waals surface area contributed by atoms with Gasteiger partial charge in [-0.25, -0.2) is 0 Å².